The zero-order valence-electron chi connectivity index (χ0n) is 15.2. The highest BCUT2D eigenvalue weighted by Gasteiger charge is 2.13. The number of nitrogens with one attached hydrogen (secondary N) is 2. The lowest BCUT2D eigenvalue weighted by Crippen LogP contribution is -2.15. The Kier molecular flexibility index (Phi) is 6.12. The van der Waals surface area contributed by atoms with Crippen LogP contribution >= 0.6 is 11.8 Å². The third-order valence-corrected chi connectivity index (χ3v) is 4.67. The summed E-state index contributed by atoms with van der Waals surface area (Å²) in [5, 5.41) is 11.5. The van der Waals surface area contributed by atoms with E-state index in [4.69, 9.17) is 4.74 Å². The molecule has 0 unspecified atom stereocenters. The van der Waals surface area contributed by atoms with Crippen LogP contribution in [0.25, 0.3) is 5.78 Å². The summed E-state index contributed by atoms with van der Waals surface area (Å²) in [6.45, 7) is 4.55. The maximum absolute atomic E-state index is 12.2. The van der Waals surface area contributed by atoms with Gasteiger partial charge in [0.25, 0.3) is 5.56 Å². The van der Waals surface area contributed by atoms with Gasteiger partial charge in [0.1, 0.15) is 5.75 Å². The number of anilines is 1. The minimum absolute atomic E-state index is 0.151. The van der Waals surface area contributed by atoms with Crippen molar-refractivity contribution in [3.8, 4) is 5.75 Å². The maximum Gasteiger partial charge on any atom is 0.252 e. The zero-order valence-corrected chi connectivity index (χ0v) is 16.0. The van der Waals surface area contributed by atoms with Gasteiger partial charge in [-0.15, -0.1) is 10.2 Å². The Labute approximate surface area is 160 Å². The summed E-state index contributed by atoms with van der Waals surface area (Å²) in [4.78, 5) is 26.6. The fourth-order valence-corrected chi connectivity index (χ4v) is 3.40. The van der Waals surface area contributed by atoms with Crippen LogP contribution in [0.1, 0.15) is 26.0 Å². The lowest BCUT2D eigenvalue weighted by Gasteiger charge is -2.08. The normalized spacial score (nSPS) is 10.9. The van der Waals surface area contributed by atoms with Crippen LogP contribution in [0.4, 0.5) is 5.69 Å². The van der Waals surface area contributed by atoms with E-state index in [1.165, 1.54) is 11.8 Å². The monoisotopic (exact) mass is 387 g/mol. The molecule has 0 radical (unpaired) electrons. The van der Waals surface area contributed by atoms with Crippen LogP contribution in [-0.4, -0.2) is 37.8 Å². The first-order valence-corrected chi connectivity index (χ1v) is 9.72. The van der Waals surface area contributed by atoms with E-state index in [0.29, 0.717) is 23.2 Å². The summed E-state index contributed by atoms with van der Waals surface area (Å²) < 4.78 is 7.17. The van der Waals surface area contributed by atoms with Crippen molar-refractivity contribution in [2.75, 3.05) is 17.7 Å². The highest BCUT2D eigenvalue weighted by atomic mass is 32.2. The lowest BCUT2D eigenvalue weighted by atomic mass is 10.2. The summed E-state index contributed by atoms with van der Waals surface area (Å²) in [5.41, 5.74) is 1.32. The van der Waals surface area contributed by atoms with Gasteiger partial charge in [-0.1, -0.05) is 25.1 Å². The molecular weight excluding hydrogens is 366 g/mol. The summed E-state index contributed by atoms with van der Waals surface area (Å²) in [5.74, 6) is 1.18. The Hall–Kier alpha value is -2.81. The van der Waals surface area contributed by atoms with E-state index in [0.717, 1.165) is 24.3 Å². The van der Waals surface area contributed by atoms with E-state index in [-0.39, 0.29) is 17.2 Å². The van der Waals surface area contributed by atoms with Gasteiger partial charge in [-0.2, -0.15) is 0 Å². The number of hydrogen-bond donors (Lipinski definition) is 2. The van der Waals surface area contributed by atoms with Crippen LogP contribution in [-0.2, 0) is 11.2 Å². The number of nitrogens with zero attached hydrogens (tertiary/aromatic N) is 3. The molecule has 2 aromatic heterocycles. The molecule has 0 atom stereocenters. The van der Waals surface area contributed by atoms with Gasteiger partial charge in [0, 0.05) is 17.4 Å². The van der Waals surface area contributed by atoms with Crippen molar-refractivity contribution in [1.82, 2.24) is 19.6 Å². The number of hydrogen-bond acceptors (Lipinski definition) is 6. The molecule has 2 heterocycles. The number of benzene rings is 1. The number of ether oxygens (including phenoxy) is 1. The van der Waals surface area contributed by atoms with Crippen LogP contribution in [0.2, 0.25) is 0 Å². The molecule has 0 spiro atoms. The minimum Gasteiger partial charge on any atom is -0.494 e. The average molecular weight is 387 g/mol. The molecule has 0 bridgehead atoms. The molecule has 27 heavy (non-hydrogen) atoms. The van der Waals surface area contributed by atoms with E-state index in [1.54, 1.807) is 22.6 Å². The molecule has 0 aliphatic rings. The van der Waals surface area contributed by atoms with Gasteiger partial charge in [0.15, 0.2) is 5.16 Å². The molecule has 9 heteroatoms. The van der Waals surface area contributed by atoms with Gasteiger partial charge in [-0.3, -0.25) is 19.0 Å². The Balaban J connectivity index is 1.67. The molecule has 3 aromatic rings. The molecule has 0 aliphatic carbocycles. The molecule has 2 N–H and O–H groups in total. The van der Waals surface area contributed by atoms with Crippen LogP contribution < -0.4 is 15.6 Å². The Morgan fingerprint density at radius 1 is 1.26 bits per heavy atom. The van der Waals surface area contributed by atoms with Crippen molar-refractivity contribution >= 4 is 29.1 Å². The minimum atomic E-state index is -0.205. The molecule has 0 aliphatic heterocycles. The SMILES string of the molecule is CCCc1cc(=O)[nH]c2nnc(SCC(=O)Nc3ccc(OCC)cc3)n12. The number of H-pyrrole nitrogens is 1. The summed E-state index contributed by atoms with van der Waals surface area (Å²) in [6, 6.07) is 8.76. The van der Waals surface area contributed by atoms with Gasteiger partial charge >= 0.3 is 0 Å². The number of amides is 1. The van der Waals surface area contributed by atoms with E-state index in [1.807, 2.05) is 26.0 Å². The second kappa shape index (κ2) is 8.72. The van der Waals surface area contributed by atoms with E-state index < -0.39 is 0 Å². The van der Waals surface area contributed by atoms with Crippen molar-refractivity contribution in [3.05, 3.63) is 46.4 Å². The highest BCUT2D eigenvalue weighted by Crippen LogP contribution is 2.19. The van der Waals surface area contributed by atoms with Crippen LogP contribution in [0, 0.1) is 0 Å². The summed E-state index contributed by atoms with van der Waals surface area (Å²) >= 11 is 1.27. The molecule has 0 saturated heterocycles. The van der Waals surface area contributed by atoms with Crippen LogP contribution in [0.3, 0.4) is 0 Å². The molecule has 0 saturated carbocycles. The van der Waals surface area contributed by atoms with Gasteiger partial charge in [0.05, 0.1) is 12.4 Å². The molecule has 8 nitrogen and oxygen atoms in total. The number of aryl methyl sites for hydroxylation is 1. The van der Waals surface area contributed by atoms with E-state index >= 15 is 0 Å². The zero-order chi connectivity index (χ0) is 19.2. The van der Waals surface area contributed by atoms with E-state index in [9.17, 15) is 9.59 Å². The molecule has 1 aromatic carbocycles. The number of carbonyl (C=O) groups excluding carboxylic acids is 1. The van der Waals surface area contributed by atoms with Gasteiger partial charge in [0.2, 0.25) is 11.7 Å². The van der Waals surface area contributed by atoms with Crippen molar-refractivity contribution < 1.29 is 9.53 Å². The Bertz CT molecular complexity index is 981. The van der Waals surface area contributed by atoms with E-state index in [2.05, 4.69) is 20.5 Å². The summed E-state index contributed by atoms with van der Waals surface area (Å²) in [6.07, 6.45) is 1.61. The number of aromatic amines is 1. The lowest BCUT2D eigenvalue weighted by molar-refractivity contribution is -0.113. The average Bonchev–Trinajstić information content (AvgIpc) is 3.05. The predicted molar refractivity (Wildman–Crippen MR) is 105 cm³/mol. The first-order chi connectivity index (χ1) is 13.1. The highest BCUT2D eigenvalue weighted by molar-refractivity contribution is 7.99. The third-order valence-electron chi connectivity index (χ3n) is 3.74. The Morgan fingerprint density at radius 2 is 2.04 bits per heavy atom. The Morgan fingerprint density at radius 3 is 2.74 bits per heavy atom. The van der Waals surface area contributed by atoms with Crippen LogP contribution in [0.15, 0.2) is 40.3 Å². The quantitative estimate of drug-likeness (QED) is 0.576. The van der Waals surface area contributed by atoms with Gasteiger partial charge in [-0.25, -0.2) is 0 Å². The molecule has 142 valence electrons. The fraction of sp³-hybridized carbons (Fsp3) is 0.333. The maximum atomic E-state index is 12.2. The fourth-order valence-electron chi connectivity index (χ4n) is 2.63. The molecule has 0 fully saturated rings. The third kappa shape index (κ3) is 4.68. The second-order valence-corrected chi connectivity index (χ2v) is 6.75. The van der Waals surface area contributed by atoms with Gasteiger partial charge < -0.3 is 10.1 Å². The van der Waals surface area contributed by atoms with Gasteiger partial charge in [-0.05, 0) is 37.6 Å². The van der Waals surface area contributed by atoms with Crippen molar-refractivity contribution in [2.24, 2.45) is 0 Å². The standard InChI is InChI=1S/C18H21N5O3S/c1-3-5-13-10-15(24)20-17-21-22-18(23(13)17)27-11-16(25)19-12-6-8-14(9-7-12)26-4-2/h6-10H,3-5,11H2,1-2H3,(H,19,25)(H,20,21,24). The van der Waals surface area contributed by atoms with Crippen molar-refractivity contribution in [3.63, 3.8) is 0 Å². The first kappa shape index (κ1) is 19.0. The largest absolute Gasteiger partial charge is 0.494 e. The number of aromatic nitrogens is 4. The van der Waals surface area contributed by atoms with Crippen molar-refractivity contribution in [1.29, 1.82) is 0 Å². The molecular formula is C18H21N5O3S. The first-order valence-electron chi connectivity index (χ1n) is 8.73. The van der Waals surface area contributed by atoms with Crippen molar-refractivity contribution in [2.45, 2.75) is 31.8 Å². The van der Waals surface area contributed by atoms with Crippen LogP contribution in [0.5, 0.6) is 5.75 Å². The molecule has 3 rings (SSSR count). The summed E-state index contributed by atoms with van der Waals surface area (Å²) in [7, 11) is 0. The number of thioether (sulfide) groups is 1. The predicted octanol–water partition coefficient (Wildman–Crippen LogP) is 2.50. The number of carbonyl (C=O) groups is 1. The number of rotatable bonds is 8. The topological polar surface area (TPSA) is 101 Å². The smallest absolute Gasteiger partial charge is 0.252 e. The molecule has 1 amide bonds. The number of fused-ring (bicyclic) bond motifs is 1. The second-order valence-electron chi connectivity index (χ2n) is 5.81.